The highest BCUT2D eigenvalue weighted by molar-refractivity contribution is 7.80. The summed E-state index contributed by atoms with van der Waals surface area (Å²) < 4.78 is 5.27. The Kier molecular flexibility index (Phi) is 3.50. The Labute approximate surface area is 94.4 Å². The predicted octanol–water partition coefficient (Wildman–Crippen LogP) is -2.38. The molecule has 5 nitrogen and oxygen atoms in total. The van der Waals surface area contributed by atoms with Crippen LogP contribution in [-0.4, -0.2) is 61.9 Å². The van der Waals surface area contributed by atoms with E-state index in [1.165, 1.54) is 4.90 Å². The highest BCUT2D eigenvalue weighted by Crippen LogP contribution is 1.97. The van der Waals surface area contributed by atoms with Crippen LogP contribution < -0.4 is 10.2 Å². The van der Waals surface area contributed by atoms with Crippen molar-refractivity contribution < 1.29 is 14.4 Å². The summed E-state index contributed by atoms with van der Waals surface area (Å²) in [5.41, 5.74) is 0. The Morgan fingerprint density at radius 1 is 1.47 bits per heavy atom. The number of amides is 1. The normalized spacial score (nSPS) is 23.3. The maximum Gasteiger partial charge on any atom is 0.248 e. The lowest BCUT2D eigenvalue weighted by atomic mass is 10.4. The minimum Gasteiger partial charge on any atom is -0.370 e. The van der Waals surface area contributed by atoms with Crippen molar-refractivity contribution in [2.75, 3.05) is 45.9 Å². The van der Waals surface area contributed by atoms with E-state index in [9.17, 15) is 4.79 Å². The molecule has 2 rings (SSSR count). The zero-order chi connectivity index (χ0) is 10.7. The highest BCUT2D eigenvalue weighted by atomic mass is 32.1. The Hall–Kier alpha value is -0.720. The quantitative estimate of drug-likeness (QED) is 0.532. The lowest BCUT2D eigenvalue weighted by molar-refractivity contribution is -0.907. The van der Waals surface area contributed by atoms with Crippen LogP contribution in [0, 0.1) is 0 Å². The van der Waals surface area contributed by atoms with Gasteiger partial charge in [-0.25, -0.2) is 0 Å². The van der Waals surface area contributed by atoms with Crippen molar-refractivity contribution in [3.8, 4) is 0 Å². The predicted molar refractivity (Wildman–Crippen MR) is 58.7 cm³/mol. The Bertz CT molecular complexity index is 250. The van der Waals surface area contributed by atoms with Gasteiger partial charge in [0.05, 0.1) is 32.8 Å². The maximum atomic E-state index is 11.4. The molecule has 84 valence electrons. The van der Waals surface area contributed by atoms with Gasteiger partial charge >= 0.3 is 0 Å². The first-order chi connectivity index (χ1) is 7.27. The van der Waals surface area contributed by atoms with Gasteiger partial charge in [0.1, 0.15) is 13.1 Å². The van der Waals surface area contributed by atoms with Gasteiger partial charge in [-0.3, -0.25) is 9.69 Å². The van der Waals surface area contributed by atoms with Gasteiger partial charge in [-0.2, -0.15) is 0 Å². The van der Waals surface area contributed by atoms with Gasteiger partial charge in [0.15, 0.2) is 5.11 Å². The van der Waals surface area contributed by atoms with Crippen LogP contribution in [0.25, 0.3) is 0 Å². The maximum absolute atomic E-state index is 11.4. The minimum absolute atomic E-state index is 0.0904. The van der Waals surface area contributed by atoms with Crippen molar-refractivity contribution >= 4 is 23.2 Å². The summed E-state index contributed by atoms with van der Waals surface area (Å²) in [5, 5.41) is 3.46. The number of hydrogen-bond acceptors (Lipinski definition) is 3. The minimum atomic E-state index is 0.0904. The van der Waals surface area contributed by atoms with E-state index in [1.54, 1.807) is 4.90 Å². The van der Waals surface area contributed by atoms with E-state index in [0.717, 1.165) is 39.4 Å². The molecule has 2 aliphatic heterocycles. The lowest BCUT2D eigenvalue weighted by Crippen LogP contribution is -3.14. The zero-order valence-electron chi connectivity index (χ0n) is 8.62. The molecule has 2 saturated heterocycles. The molecule has 6 heteroatoms. The summed E-state index contributed by atoms with van der Waals surface area (Å²) in [5.74, 6) is 0.0904. The first-order valence-electron chi connectivity index (χ1n) is 5.27. The van der Waals surface area contributed by atoms with E-state index in [0.29, 0.717) is 11.7 Å². The Balaban J connectivity index is 1.76. The number of morpholine rings is 1. The lowest BCUT2D eigenvalue weighted by Gasteiger charge is -2.25. The van der Waals surface area contributed by atoms with Gasteiger partial charge < -0.3 is 15.0 Å². The number of thiocarbonyl (C=S) groups is 1. The molecule has 1 amide bonds. The van der Waals surface area contributed by atoms with Crippen LogP contribution in [0.4, 0.5) is 0 Å². The van der Waals surface area contributed by atoms with Crippen LogP contribution in [0.1, 0.15) is 0 Å². The summed E-state index contributed by atoms with van der Waals surface area (Å²) >= 11 is 5.04. The van der Waals surface area contributed by atoms with Gasteiger partial charge in [0.25, 0.3) is 0 Å². The van der Waals surface area contributed by atoms with Gasteiger partial charge in [-0.15, -0.1) is 0 Å². The summed E-state index contributed by atoms with van der Waals surface area (Å²) in [6, 6.07) is 0. The second-order valence-electron chi connectivity index (χ2n) is 3.82. The molecular weight excluding hydrogens is 214 g/mol. The third-order valence-corrected chi connectivity index (χ3v) is 3.19. The highest BCUT2D eigenvalue weighted by Gasteiger charge is 2.26. The molecule has 0 unspecified atom stereocenters. The van der Waals surface area contributed by atoms with Gasteiger partial charge in [-0.1, -0.05) is 0 Å². The molecule has 0 aliphatic carbocycles. The van der Waals surface area contributed by atoms with Crippen LogP contribution in [0.3, 0.4) is 0 Å². The number of hydrogen-bond donors (Lipinski definition) is 2. The third kappa shape index (κ3) is 2.64. The number of carbonyl (C=O) groups is 1. The van der Waals surface area contributed by atoms with E-state index in [-0.39, 0.29) is 5.91 Å². The number of ether oxygens (including phenoxy) is 1. The number of carbonyl (C=O) groups excluding carboxylic acids is 1. The molecular formula is C9H16N3O2S+. The largest absolute Gasteiger partial charge is 0.370 e. The molecule has 2 fully saturated rings. The van der Waals surface area contributed by atoms with Crippen molar-refractivity contribution in [1.29, 1.82) is 0 Å². The summed E-state index contributed by atoms with van der Waals surface area (Å²) in [6.45, 7) is 5.75. The fourth-order valence-electron chi connectivity index (χ4n) is 1.86. The van der Waals surface area contributed by atoms with E-state index in [2.05, 4.69) is 5.32 Å². The zero-order valence-corrected chi connectivity index (χ0v) is 9.44. The Morgan fingerprint density at radius 2 is 2.20 bits per heavy atom. The summed E-state index contributed by atoms with van der Waals surface area (Å²) in [4.78, 5) is 14.6. The molecule has 2 heterocycles. The molecule has 0 atom stereocenters. The molecule has 2 aliphatic rings. The molecule has 0 aromatic heterocycles. The first kappa shape index (κ1) is 10.8. The first-order valence-corrected chi connectivity index (χ1v) is 5.68. The molecule has 0 aromatic carbocycles. The van der Waals surface area contributed by atoms with Crippen LogP contribution in [0.5, 0.6) is 0 Å². The monoisotopic (exact) mass is 230 g/mol. The molecule has 0 saturated carbocycles. The number of nitrogens with zero attached hydrogens (tertiary/aromatic N) is 1. The molecule has 0 spiro atoms. The number of nitrogens with one attached hydrogen (secondary N) is 2. The fourth-order valence-corrected chi connectivity index (χ4v) is 2.13. The smallest absolute Gasteiger partial charge is 0.248 e. The second kappa shape index (κ2) is 4.87. The van der Waals surface area contributed by atoms with Crippen LogP contribution in [0.15, 0.2) is 0 Å². The van der Waals surface area contributed by atoms with E-state index in [4.69, 9.17) is 17.0 Å². The van der Waals surface area contributed by atoms with Gasteiger partial charge in [-0.05, 0) is 12.2 Å². The van der Waals surface area contributed by atoms with Crippen molar-refractivity contribution in [2.45, 2.75) is 0 Å². The van der Waals surface area contributed by atoms with Crippen LogP contribution in [0.2, 0.25) is 0 Å². The average Bonchev–Trinajstić information content (AvgIpc) is 2.58. The van der Waals surface area contributed by atoms with Gasteiger partial charge in [0, 0.05) is 0 Å². The van der Waals surface area contributed by atoms with Crippen molar-refractivity contribution in [1.82, 2.24) is 10.2 Å². The molecule has 15 heavy (non-hydrogen) atoms. The third-order valence-electron chi connectivity index (χ3n) is 2.83. The fraction of sp³-hybridized carbons (Fsp3) is 0.778. The molecule has 0 aromatic rings. The standard InChI is InChI=1S/C9H15N3O2S/c13-8-7-10-9(15)12(8)2-1-11-3-5-14-6-4-11/h1-7H2,(H,10,15)/p+1. The topological polar surface area (TPSA) is 46.0 Å². The average molecular weight is 230 g/mol. The SMILES string of the molecule is O=C1CNC(=S)N1CC[NH+]1CCOCC1. The molecule has 0 bridgehead atoms. The van der Waals surface area contributed by atoms with E-state index in [1.807, 2.05) is 0 Å². The van der Waals surface area contributed by atoms with E-state index >= 15 is 0 Å². The van der Waals surface area contributed by atoms with E-state index < -0.39 is 0 Å². The van der Waals surface area contributed by atoms with Gasteiger partial charge in [0.2, 0.25) is 5.91 Å². The van der Waals surface area contributed by atoms with Crippen LogP contribution >= 0.6 is 12.2 Å². The molecule has 0 radical (unpaired) electrons. The van der Waals surface area contributed by atoms with Crippen molar-refractivity contribution in [3.63, 3.8) is 0 Å². The Morgan fingerprint density at radius 3 is 2.80 bits per heavy atom. The number of quaternary nitrogens is 1. The molecule has 2 N–H and O–H groups in total. The van der Waals surface area contributed by atoms with Crippen LogP contribution in [-0.2, 0) is 9.53 Å². The number of rotatable bonds is 3. The van der Waals surface area contributed by atoms with Crippen molar-refractivity contribution in [2.24, 2.45) is 0 Å². The van der Waals surface area contributed by atoms with Crippen molar-refractivity contribution in [3.05, 3.63) is 0 Å². The summed E-state index contributed by atoms with van der Waals surface area (Å²) in [6.07, 6.45) is 0. The summed E-state index contributed by atoms with van der Waals surface area (Å²) in [7, 11) is 0. The second-order valence-corrected chi connectivity index (χ2v) is 4.20.